The van der Waals surface area contributed by atoms with Crippen LogP contribution in [0, 0.1) is 19.8 Å². The molecule has 3 N–H and O–H groups in total. The molecule has 0 radical (unpaired) electrons. The minimum absolute atomic E-state index is 0.128. The molecule has 148 valence electrons. The quantitative estimate of drug-likeness (QED) is 0.622. The molecular weight excluding hydrogens is 366 g/mol. The lowest BCUT2D eigenvalue weighted by Gasteiger charge is -2.12. The number of amides is 2. The van der Waals surface area contributed by atoms with E-state index in [-0.39, 0.29) is 24.0 Å². The van der Waals surface area contributed by atoms with Crippen LogP contribution in [0.15, 0.2) is 5.16 Å². The van der Waals surface area contributed by atoms with Crippen molar-refractivity contribution in [3.63, 3.8) is 0 Å². The molecule has 0 aliphatic carbocycles. The summed E-state index contributed by atoms with van der Waals surface area (Å²) in [6, 6.07) is 0. The van der Waals surface area contributed by atoms with Crippen molar-refractivity contribution in [2.45, 2.75) is 52.2 Å². The second-order valence-corrected chi connectivity index (χ2v) is 7.82. The molecule has 0 atom stereocenters. The summed E-state index contributed by atoms with van der Waals surface area (Å²) in [5, 5.41) is 16.2. The highest BCUT2D eigenvalue weighted by Gasteiger charge is 2.17. The minimum Gasteiger partial charge on any atom is -0.370 e. The molecule has 27 heavy (non-hydrogen) atoms. The Morgan fingerprint density at radius 1 is 1.26 bits per heavy atom. The van der Waals surface area contributed by atoms with Gasteiger partial charge < -0.3 is 15.6 Å². The maximum atomic E-state index is 12.4. The number of nitrogens with zero attached hydrogens (tertiary/aromatic N) is 5. The van der Waals surface area contributed by atoms with Crippen molar-refractivity contribution >= 4 is 29.3 Å². The largest absolute Gasteiger partial charge is 0.370 e. The molecule has 0 aliphatic heterocycles. The van der Waals surface area contributed by atoms with Gasteiger partial charge in [-0.15, -0.1) is 10.2 Å². The highest BCUT2D eigenvalue weighted by atomic mass is 32.2. The molecule has 0 unspecified atom stereocenters. The molecule has 2 rings (SSSR count). The van der Waals surface area contributed by atoms with Crippen LogP contribution in [0.4, 0.5) is 5.69 Å². The molecule has 0 spiro atoms. The number of aryl methyl sites for hydroxylation is 3. The summed E-state index contributed by atoms with van der Waals surface area (Å²) in [6.07, 6.45) is 0.664. The molecule has 9 nitrogen and oxygen atoms in total. The molecule has 2 amide bonds. The molecule has 0 saturated heterocycles. The van der Waals surface area contributed by atoms with Crippen molar-refractivity contribution in [2.24, 2.45) is 18.7 Å². The van der Waals surface area contributed by atoms with Crippen LogP contribution in [0.5, 0.6) is 0 Å². The summed E-state index contributed by atoms with van der Waals surface area (Å²) in [6.45, 7) is 8.67. The van der Waals surface area contributed by atoms with Gasteiger partial charge in [0.05, 0.1) is 22.8 Å². The van der Waals surface area contributed by atoms with Gasteiger partial charge in [0.25, 0.3) is 0 Å². The topological polar surface area (TPSA) is 121 Å². The Balaban J connectivity index is 2.05. The standard InChI is InChI=1S/C17H27N7O2S/c1-10(2)8-24-14(7-6-13(18)25)20-21-17(24)27-9-15(26)19-16-11(3)22-23(5)12(16)4/h10H,6-9H2,1-5H3,(H2,18,25)(H,19,26). The Morgan fingerprint density at radius 2 is 1.96 bits per heavy atom. The van der Waals surface area contributed by atoms with E-state index in [2.05, 4.69) is 34.5 Å². The first-order valence-corrected chi connectivity index (χ1v) is 9.80. The molecule has 2 aromatic heterocycles. The maximum absolute atomic E-state index is 12.4. The van der Waals surface area contributed by atoms with Crippen LogP contribution < -0.4 is 11.1 Å². The Hall–Kier alpha value is -2.36. The molecule has 0 aromatic carbocycles. The summed E-state index contributed by atoms with van der Waals surface area (Å²) in [4.78, 5) is 23.4. The fraction of sp³-hybridized carbons (Fsp3) is 0.588. The second kappa shape index (κ2) is 9.03. The number of anilines is 1. The van der Waals surface area contributed by atoms with Gasteiger partial charge in [0, 0.05) is 26.4 Å². The van der Waals surface area contributed by atoms with Gasteiger partial charge in [-0.3, -0.25) is 14.3 Å². The summed E-state index contributed by atoms with van der Waals surface area (Å²) in [7, 11) is 1.84. The van der Waals surface area contributed by atoms with E-state index >= 15 is 0 Å². The lowest BCUT2D eigenvalue weighted by molar-refractivity contribution is -0.118. The Labute approximate surface area is 163 Å². The highest BCUT2D eigenvalue weighted by Crippen LogP contribution is 2.22. The summed E-state index contributed by atoms with van der Waals surface area (Å²) >= 11 is 1.32. The number of carbonyl (C=O) groups is 2. The van der Waals surface area contributed by atoms with Crippen LogP contribution in [0.3, 0.4) is 0 Å². The van der Waals surface area contributed by atoms with Crippen LogP contribution in [0.25, 0.3) is 0 Å². The Kier molecular flexibility index (Phi) is 7.00. The molecule has 10 heteroatoms. The van der Waals surface area contributed by atoms with E-state index < -0.39 is 0 Å². The number of carbonyl (C=O) groups excluding carboxylic acids is 2. The van der Waals surface area contributed by atoms with Crippen LogP contribution in [-0.2, 0) is 29.6 Å². The highest BCUT2D eigenvalue weighted by molar-refractivity contribution is 7.99. The van der Waals surface area contributed by atoms with E-state index in [0.29, 0.717) is 29.9 Å². The molecule has 0 aliphatic rings. The second-order valence-electron chi connectivity index (χ2n) is 6.88. The van der Waals surface area contributed by atoms with Crippen LogP contribution in [0.1, 0.15) is 37.5 Å². The number of rotatable bonds is 9. The van der Waals surface area contributed by atoms with Gasteiger partial charge in [-0.1, -0.05) is 25.6 Å². The zero-order chi connectivity index (χ0) is 20.1. The first kappa shape index (κ1) is 20.9. The number of hydrogen-bond donors (Lipinski definition) is 2. The third-order valence-corrected chi connectivity index (χ3v) is 5.01. The number of aromatic nitrogens is 5. The van der Waals surface area contributed by atoms with E-state index in [0.717, 1.165) is 17.1 Å². The molecule has 0 fully saturated rings. The number of nitrogens with one attached hydrogen (secondary N) is 1. The monoisotopic (exact) mass is 393 g/mol. The van der Waals surface area contributed by atoms with E-state index in [1.807, 2.05) is 25.5 Å². The molecular formula is C17H27N7O2S. The Bertz CT molecular complexity index is 826. The minimum atomic E-state index is -0.370. The molecule has 0 bridgehead atoms. The fourth-order valence-electron chi connectivity index (χ4n) is 2.65. The van der Waals surface area contributed by atoms with Crippen LogP contribution in [-0.4, -0.2) is 42.1 Å². The first-order chi connectivity index (χ1) is 12.7. The SMILES string of the molecule is Cc1nn(C)c(C)c1NC(=O)CSc1nnc(CCC(N)=O)n1CC(C)C. The van der Waals surface area contributed by atoms with Gasteiger partial charge >= 0.3 is 0 Å². The van der Waals surface area contributed by atoms with Gasteiger partial charge in [-0.05, 0) is 19.8 Å². The lowest BCUT2D eigenvalue weighted by Crippen LogP contribution is -2.17. The van der Waals surface area contributed by atoms with Gasteiger partial charge in [-0.2, -0.15) is 5.10 Å². The van der Waals surface area contributed by atoms with Crippen molar-refractivity contribution in [2.75, 3.05) is 11.1 Å². The van der Waals surface area contributed by atoms with Crippen LogP contribution >= 0.6 is 11.8 Å². The fourth-order valence-corrected chi connectivity index (χ4v) is 3.42. The summed E-state index contributed by atoms with van der Waals surface area (Å²) < 4.78 is 3.70. The average molecular weight is 394 g/mol. The van der Waals surface area contributed by atoms with Crippen molar-refractivity contribution in [1.82, 2.24) is 24.5 Å². The maximum Gasteiger partial charge on any atom is 0.234 e. The summed E-state index contributed by atoms with van der Waals surface area (Å²) in [5.41, 5.74) is 7.67. The van der Waals surface area contributed by atoms with E-state index in [9.17, 15) is 9.59 Å². The van der Waals surface area contributed by atoms with Gasteiger partial charge in [-0.25, -0.2) is 0 Å². The lowest BCUT2D eigenvalue weighted by atomic mass is 10.2. The predicted molar refractivity (Wildman–Crippen MR) is 104 cm³/mol. The average Bonchev–Trinajstić information content (AvgIpc) is 3.06. The van der Waals surface area contributed by atoms with Crippen molar-refractivity contribution in [3.8, 4) is 0 Å². The normalized spacial score (nSPS) is 11.2. The first-order valence-electron chi connectivity index (χ1n) is 8.82. The smallest absolute Gasteiger partial charge is 0.234 e. The zero-order valence-corrected chi connectivity index (χ0v) is 17.3. The number of primary amides is 1. The van der Waals surface area contributed by atoms with Crippen molar-refractivity contribution in [1.29, 1.82) is 0 Å². The van der Waals surface area contributed by atoms with Crippen molar-refractivity contribution < 1.29 is 9.59 Å². The predicted octanol–water partition coefficient (Wildman–Crippen LogP) is 1.43. The van der Waals surface area contributed by atoms with Crippen LogP contribution in [0.2, 0.25) is 0 Å². The van der Waals surface area contributed by atoms with E-state index in [1.54, 1.807) is 4.68 Å². The van der Waals surface area contributed by atoms with Gasteiger partial charge in [0.2, 0.25) is 11.8 Å². The van der Waals surface area contributed by atoms with Crippen molar-refractivity contribution in [3.05, 3.63) is 17.2 Å². The molecule has 2 aromatic rings. The number of thioether (sulfide) groups is 1. The van der Waals surface area contributed by atoms with E-state index in [1.165, 1.54) is 11.8 Å². The van der Waals surface area contributed by atoms with E-state index in [4.69, 9.17) is 5.73 Å². The summed E-state index contributed by atoms with van der Waals surface area (Å²) in [5.74, 6) is 0.799. The molecule has 2 heterocycles. The zero-order valence-electron chi connectivity index (χ0n) is 16.4. The number of nitrogens with two attached hydrogens (primary N) is 1. The third-order valence-electron chi connectivity index (χ3n) is 4.04. The van der Waals surface area contributed by atoms with Gasteiger partial charge in [0.1, 0.15) is 5.82 Å². The van der Waals surface area contributed by atoms with Gasteiger partial charge in [0.15, 0.2) is 5.16 Å². The molecule has 0 saturated carbocycles. The number of hydrogen-bond acceptors (Lipinski definition) is 6. The third kappa shape index (κ3) is 5.56. The Morgan fingerprint density at radius 3 is 2.52 bits per heavy atom.